The van der Waals surface area contributed by atoms with Gasteiger partial charge in [-0.1, -0.05) is 36.0 Å². The SMILES string of the molecule is O=C(NC1CCCC1)c1[nH]ncc1NS(=O)(=O)c1cc(Cl)ccc1Cl. The first-order valence-electron chi connectivity index (χ1n) is 7.69. The van der Waals surface area contributed by atoms with Crippen LogP contribution < -0.4 is 10.0 Å². The van der Waals surface area contributed by atoms with Gasteiger partial charge in [-0.25, -0.2) is 8.42 Å². The molecule has 1 heterocycles. The average Bonchev–Trinajstić information content (AvgIpc) is 3.21. The zero-order chi connectivity index (χ0) is 18.0. The Bertz CT molecular complexity index is 892. The highest BCUT2D eigenvalue weighted by Crippen LogP contribution is 2.27. The van der Waals surface area contributed by atoms with Crippen molar-refractivity contribution in [2.45, 2.75) is 36.6 Å². The lowest BCUT2D eigenvalue weighted by Crippen LogP contribution is -2.33. The Balaban J connectivity index is 1.82. The van der Waals surface area contributed by atoms with E-state index < -0.39 is 15.9 Å². The lowest BCUT2D eigenvalue weighted by molar-refractivity contribution is 0.0933. The van der Waals surface area contributed by atoms with Crippen molar-refractivity contribution in [3.63, 3.8) is 0 Å². The number of hydrogen-bond donors (Lipinski definition) is 3. The van der Waals surface area contributed by atoms with Crippen molar-refractivity contribution in [3.05, 3.63) is 40.1 Å². The van der Waals surface area contributed by atoms with Gasteiger partial charge in [-0.2, -0.15) is 5.10 Å². The normalized spacial score (nSPS) is 15.3. The minimum atomic E-state index is -4.03. The molecule has 0 spiro atoms. The lowest BCUT2D eigenvalue weighted by atomic mass is 10.2. The largest absolute Gasteiger partial charge is 0.348 e. The molecular formula is C15H16Cl2N4O3S. The highest BCUT2D eigenvalue weighted by atomic mass is 35.5. The number of sulfonamides is 1. The zero-order valence-corrected chi connectivity index (χ0v) is 15.4. The van der Waals surface area contributed by atoms with Crippen LogP contribution in [0, 0.1) is 0 Å². The molecule has 3 N–H and O–H groups in total. The third kappa shape index (κ3) is 4.08. The summed E-state index contributed by atoms with van der Waals surface area (Å²) in [4.78, 5) is 12.2. The molecule has 1 aromatic heterocycles. The molecule has 1 aliphatic rings. The van der Waals surface area contributed by atoms with Crippen LogP contribution in [-0.4, -0.2) is 30.6 Å². The predicted octanol–water partition coefficient (Wildman–Crippen LogP) is 3.19. The van der Waals surface area contributed by atoms with Gasteiger partial charge in [0.2, 0.25) is 0 Å². The fourth-order valence-corrected chi connectivity index (χ4v) is 4.57. The molecule has 1 amide bonds. The van der Waals surface area contributed by atoms with E-state index in [-0.39, 0.29) is 32.4 Å². The van der Waals surface area contributed by atoms with Gasteiger partial charge in [0.05, 0.1) is 16.9 Å². The van der Waals surface area contributed by atoms with E-state index in [0.29, 0.717) is 0 Å². The smallest absolute Gasteiger partial charge is 0.271 e. The van der Waals surface area contributed by atoms with Crippen LogP contribution in [0.1, 0.15) is 36.2 Å². The van der Waals surface area contributed by atoms with Crippen LogP contribution in [0.3, 0.4) is 0 Å². The Labute approximate surface area is 155 Å². The van der Waals surface area contributed by atoms with Gasteiger partial charge in [-0.05, 0) is 31.0 Å². The van der Waals surface area contributed by atoms with Gasteiger partial charge >= 0.3 is 0 Å². The number of amides is 1. The molecule has 134 valence electrons. The summed E-state index contributed by atoms with van der Waals surface area (Å²) < 4.78 is 27.5. The van der Waals surface area contributed by atoms with Crippen LogP contribution >= 0.6 is 23.2 Å². The summed E-state index contributed by atoms with van der Waals surface area (Å²) >= 11 is 11.8. The fourth-order valence-electron chi connectivity index (χ4n) is 2.75. The van der Waals surface area contributed by atoms with Gasteiger partial charge < -0.3 is 5.32 Å². The van der Waals surface area contributed by atoms with Crippen LogP contribution in [0.25, 0.3) is 0 Å². The number of aromatic amines is 1. The summed E-state index contributed by atoms with van der Waals surface area (Å²) in [6.45, 7) is 0. The molecule has 3 rings (SSSR count). The number of rotatable bonds is 5. The van der Waals surface area contributed by atoms with E-state index in [1.165, 1.54) is 24.4 Å². The van der Waals surface area contributed by atoms with E-state index in [9.17, 15) is 13.2 Å². The molecule has 1 saturated carbocycles. The Kier molecular flexibility index (Phi) is 5.21. The number of nitrogens with one attached hydrogen (secondary N) is 3. The van der Waals surface area contributed by atoms with Crippen molar-refractivity contribution in [3.8, 4) is 0 Å². The number of nitrogens with zero attached hydrogens (tertiary/aromatic N) is 1. The molecule has 10 heteroatoms. The molecule has 1 fully saturated rings. The summed E-state index contributed by atoms with van der Waals surface area (Å²) in [5.41, 5.74) is 0.0974. The van der Waals surface area contributed by atoms with Gasteiger partial charge in [0.1, 0.15) is 10.6 Å². The molecule has 0 aliphatic heterocycles. The predicted molar refractivity (Wildman–Crippen MR) is 95.6 cm³/mol. The number of hydrogen-bond acceptors (Lipinski definition) is 4. The van der Waals surface area contributed by atoms with Crippen molar-refractivity contribution < 1.29 is 13.2 Å². The first-order chi connectivity index (χ1) is 11.9. The molecule has 0 unspecified atom stereocenters. The van der Waals surface area contributed by atoms with Crippen LogP contribution in [0.15, 0.2) is 29.3 Å². The lowest BCUT2D eigenvalue weighted by Gasteiger charge is -2.13. The summed E-state index contributed by atoms with van der Waals surface area (Å²) in [7, 11) is -4.03. The molecule has 0 saturated heterocycles. The number of carbonyl (C=O) groups excluding carboxylic acids is 1. The highest BCUT2D eigenvalue weighted by molar-refractivity contribution is 7.92. The van der Waals surface area contributed by atoms with Gasteiger partial charge in [0.25, 0.3) is 15.9 Å². The monoisotopic (exact) mass is 402 g/mol. The summed E-state index contributed by atoms with van der Waals surface area (Å²) in [6, 6.07) is 4.22. The Morgan fingerprint density at radius 2 is 1.96 bits per heavy atom. The maximum absolute atomic E-state index is 12.6. The van der Waals surface area contributed by atoms with Gasteiger partial charge in [0, 0.05) is 11.1 Å². The fraction of sp³-hybridized carbons (Fsp3) is 0.333. The number of anilines is 1. The maximum Gasteiger partial charge on any atom is 0.271 e. The number of aromatic nitrogens is 2. The second-order valence-electron chi connectivity index (χ2n) is 5.79. The van der Waals surface area contributed by atoms with Gasteiger partial charge in [-0.15, -0.1) is 0 Å². The minimum absolute atomic E-state index is 0.0253. The second-order valence-corrected chi connectivity index (χ2v) is 8.29. The molecule has 2 aromatic rings. The van der Waals surface area contributed by atoms with Crippen LogP contribution in [0.2, 0.25) is 10.0 Å². The molecule has 7 nitrogen and oxygen atoms in total. The molecule has 25 heavy (non-hydrogen) atoms. The molecule has 0 bridgehead atoms. The summed E-state index contributed by atoms with van der Waals surface area (Å²) in [5, 5.41) is 9.43. The Hall–Kier alpha value is -1.77. The van der Waals surface area contributed by atoms with Crippen LogP contribution in [-0.2, 0) is 10.0 Å². The minimum Gasteiger partial charge on any atom is -0.348 e. The average molecular weight is 403 g/mol. The second kappa shape index (κ2) is 7.23. The summed E-state index contributed by atoms with van der Waals surface area (Å²) in [6.07, 6.45) is 5.21. The third-order valence-corrected chi connectivity index (χ3v) is 6.07. The highest BCUT2D eigenvalue weighted by Gasteiger charge is 2.25. The topological polar surface area (TPSA) is 104 Å². The molecule has 0 radical (unpaired) electrons. The van der Waals surface area contributed by atoms with Crippen LogP contribution in [0.4, 0.5) is 5.69 Å². The van der Waals surface area contributed by atoms with E-state index >= 15 is 0 Å². The van der Waals surface area contributed by atoms with Crippen molar-refractivity contribution in [2.24, 2.45) is 0 Å². The van der Waals surface area contributed by atoms with E-state index in [0.717, 1.165) is 25.7 Å². The van der Waals surface area contributed by atoms with Crippen molar-refractivity contribution >= 4 is 44.8 Å². The van der Waals surface area contributed by atoms with Gasteiger partial charge in [0.15, 0.2) is 0 Å². The Morgan fingerprint density at radius 1 is 1.24 bits per heavy atom. The number of halogens is 2. The standard InChI is InChI=1S/C15H16Cl2N4O3S/c16-9-5-6-11(17)13(7-9)25(23,24)21-12-8-18-20-14(12)15(22)19-10-3-1-2-4-10/h5-8,10,21H,1-4H2,(H,18,20)(H,19,22). The summed E-state index contributed by atoms with van der Waals surface area (Å²) in [5.74, 6) is -0.403. The molecular weight excluding hydrogens is 387 g/mol. The van der Waals surface area contributed by atoms with E-state index in [2.05, 4.69) is 20.2 Å². The number of carbonyl (C=O) groups is 1. The molecule has 1 aromatic carbocycles. The van der Waals surface area contributed by atoms with E-state index in [1.807, 2.05) is 0 Å². The first-order valence-corrected chi connectivity index (χ1v) is 9.93. The van der Waals surface area contributed by atoms with Crippen molar-refractivity contribution in [2.75, 3.05) is 4.72 Å². The quantitative estimate of drug-likeness (QED) is 0.713. The Morgan fingerprint density at radius 3 is 2.68 bits per heavy atom. The number of benzene rings is 1. The van der Waals surface area contributed by atoms with Gasteiger partial charge in [-0.3, -0.25) is 14.6 Å². The van der Waals surface area contributed by atoms with Crippen LogP contribution in [0.5, 0.6) is 0 Å². The molecule has 0 atom stereocenters. The first kappa shape index (κ1) is 18.0. The molecule has 1 aliphatic carbocycles. The third-order valence-electron chi connectivity index (χ3n) is 3.98. The maximum atomic E-state index is 12.6. The zero-order valence-electron chi connectivity index (χ0n) is 13.1. The van der Waals surface area contributed by atoms with Crippen molar-refractivity contribution in [1.82, 2.24) is 15.5 Å². The van der Waals surface area contributed by atoms with E-state index in [4.69, 9.17) is 23.2 Å². The van der Waals surface area contributed by atoms with Crippen molar-refractivity contribution in [1.29, 1.82) is 0 Å². The van der Waals surface area contributed by atoms with E-state index in [1.54, 1.807) is 0 Å². The number of H-pyrrole nitrogens is 1.